The molecule has 0 atom stereocenters. The lowest BCUT2D eigenvalue weighted by molar-refractivity contribution is 0.0837. The molecular weight excluding hydrogens is 190 g/mol. The monoisotopic (exact) mass is 209 g/mol. The predicted molar refractivity (Wildman–Crippen MR) is 58.6 cm³/mol. The fourth-order valence-corrected chi connectivity index (χ4v) is 2.43. The van der Waals surface area contributed by atoms with Crippen molar-refractivity contribution in [1.82, 2.24) is 9.55 Å². The Morgan fingerprint density at radius 1 is 1.47 bits per heavy atom. The number of hydrogen-bond acceptors (Lipinski definition) is 3. The van der Waals surface area contributed by atoms with Gasteiger partial charge in [0.25, 0.3) is 0 Å². The van der Waals surface area contributed by atoms with Crippen LogP contribution >= 0.6 is 0 Å². The molecule has 84 valence electrons. The number of aromatic nitrogens is 2. The van der Waals surface area contributed by atoms with Gasteiger partial charge >= 0.3 is 0 Å². The highest BCUT2D eigenvalue weighted by molar-refractivity contribution is 5.20. The minimum atomic E-state index is 0.514. The van der Waals surface area contributed by atoms with E-state index in [1.807, 2.05) is 0 Å². The minimum absolute atomic E-state index is 0.514. The van der Waals surface area contributed by atoms with Gasteiger partial charge in [0, 0.05) is 31.9 Å². The molecule has 1 saturated heterocycles. The molecule has 0 aromatic carbocycles. The second-order valence-corrected chi connectivity index (χ2v) is 4.15. The molecule has 0 amide bonds. The Balaban J connectivity index is 2.29. The molecule has 0 radical (unpaired) electrons. The summed E-state index contributed by atoms with van der Waals surface area (Å²) in [4.78, 5) is 4.50. The average Bonchev–Trinajstić information content (AvgIpc) is 2.55. The van der Waals surface area contributed by atoms with Crippen LogP contribution in [0.5, 0.6) is 0 Å². The second kappa shape index (κ2) is 4.33. The Morgan fingerprint density at radius 3 is 2.67 bits per heavy atom. The quantitative estimate of drug-likeness (QED) is 0.793. The highest BCUT2D eigenvalue weighted by Crippen LogP contribution is 2.29. The summed E-state index contributed by atoms with van der Waals surface area (Å²) in [7, 11) is 2.06. The predicted octanol–water partition coefficient (Wildman–Crippen LogP) is 1.08. The van der Waals surface area contributed by atoms with Crippen molar-refractivity contribution in [3.05, 3.63) is 17.2 Å². The molecular formula is C11H19N3O. The van der Waals surface area contributed by atoms with Gasteiger partial charge in [0.1, 0.15) is 5.82 Å². The summed E-state index contributed by atoms with van der Waals surface area (Å²) in [5.41, 5.74) is 8.13. The lowest BCUT2D eigenvalue weighted by atomic mass is 9.95. The zero-order valence-corrected chi connectivity index (χ0v) is 9.49. The molecule has 15 heavy (non-hydrogen) atoms. The number of imidazole rings is 1. The molecule has 0 aliphatic carbocycles. The van der Waals surface area contributed by atoms with Crippen LogP contribution < -0.4 is 5.73 Å². The SMILES string of the molecule is Cc1nc(CN)n(C)c1C1CCOCC1. The van der Waals surface area contributed by atoms with Crippen molar-refractivity contribution in [2.24, 2.45) is 12.8 Å². The van der Waals surface area contributed by atoms with E-state index >= 15 is 0 Å². The molecule has 1 aromatic heterocycles. The van der Waals surface area contributed by atoms with Crippen LogP contribution in [0.2, 0.25) is 0 Å². The molecule has 2 heterocycles. The number of ether oxygens (including phenoxy) is 1. The number of aryl methyl sites for hydroxylation is 1. The molecule has 1 aliphatic heterocycles. The molecule has 0 spiro atoms. The fourth-order valence-electron chi connectivity index (χ4n) is 2.43. The molecule has 4 nitrogen and oxygen atoms in total. The van der Waals surface area contributed by atoms with Gasteiger partial charge in [0.15, 0.2) is 0 Å². The third-order valence-electron chi connectivity index (χ3n) is 3.21. The molecule has 0 unspecified atom stereocenters. The maximum atomic E-state index is 5.65. The average molecular weight is 209 g/mol. The van der Waals surface area contributed by atoms with Crippen molar-refractivity contribution in [3.63, 3.8) is 0 Å². The van der Waals surface area contributed by atoms with Crippen LogP contribution in [0, 0.1) is 6.92 Å². The Bertz CT molecular complexity index is 340. The van der Waals surface area contributed by atoms with E-state index in [4.69, 9.17) is 10.5 Å². The number of hydrogen-bond donors (Lipinski definition) is 1. The Morgan fingerprint density at radius 2 is 2.13 bits per heavy atom. The molecule has 0 bridgehead atoms. The summed E-state index contributed by atoms with van der Waals surface area (Å²) < 4.78 is 7.54. The van der Waals surface area contributed by atoms with Crippen molar-refractivity contribution < 1.29 is 4.74 Å². The number of rotatable bonds is 2. The van der Waals surface area contributed by atoms with Crippen LogP contribution in [-0.4, -0.2) is 22.8 Å². The Labute approximate surface area is 90.4 Å². The summed E-state index contributed by atoms with van der Waals surface area (Å²) in [6.07, 6.45) is 2.20. The largest absolute Gasteiger partial charge is 0.381 e. The van der Waals surface area contributed by atoms with E-state index in [1.165, 1.54) is 5.69 Å². The Kier molecular flexibility index (Phi) is 3.07. The van der Waals surface area contributed by atoms with Gasteiger partial charge in [-0.3, -0.25) is 0 Å². The van der Waals surface area contributed by atoms with Gasteiger partial charge in [0.2, 0.25) is 0 Å². The standard InChI is InChI=1S/C11H19N3O/c1-8-11(9-3-5-15-6-4-9)14(2)10(7-12)13-8/h9H,3-7,12H2,1-2H3. The van der Waals surface area contributed by atoms with Crippen LogP contribution in [0.15, 0.2) is 0 Å². The maximum Gasteiger partial charge on any atom is 0.122 e. The normalized spacial score (nSPS) is 18.3. The molecule has 0 saturated carbocycles. The summed E-state index contributed by atoms with van der Waals surface area (Å²) in [5, 5.41) is 0. The van der Waals surface area contributed by atoms with Gasteiger partial charge in [0.05, 0.1) is 12.2 Å². The van der Waals surface area contributed by atoms with Crippen LogP contribution in [0.25, 0.3) is 0 Å². The highest BCUT2D eigenvalue weighted by Gasteiger charge is 2.22. The van der Waals surface area contributed by atoms with E-state index in [-0.39, 0.29) is 0 Å². The van der Waals surface area contributed by atoms with Gasteiger partial charge in [-0.05, 0) is 19.8 Å². The number of nitrogens with two attached hydrogens (primary N) is 1. The Hall–Kier alpha value is -0.870. The maximum absolute atomic E-state index is 5.65. The number of nitrogens with zero attached hydrogens (tertiary/aromatic N) is 2. The van der Waals surface area contributed by atoms with E-state index in [2.05, 4.69) is 23.5 Å². The van der Waals surface area contributed by atoms with E-state index in [0.29, 0.717) is 12.5 Å². The first-order valence-corrected chi connectivity index (χ1v) is 5.54. The van der Waals surface area contributed by atoms with Crippen LogP contribution in [0.1, 0.15) is 36.0 Å². The van der Waals surface area contributed by atoms with Gasteiger partial charge in [-0.1, -0.05) is 0 Å². The molecule has 1 aliphatic rings. The summed E-state index contributed by atoms with van der Waals surface area (Å²) >= 11 is 0. The van der Waals surface area contributed by atoms with E-state index in [9.17, 15) is 0 Å². The summed E-state index contributed by atoms with van der Waals surface area (Å²) in [5.74, 6) is 1.57. The zero-order valence-electron chi connectivity index (χ0n) is 9.49. The molecule has 2 N–H and O–H groups in total. The molecule has 1 aromatic rings. The lowest BCUT2D eigenvalue weighted by Gasteiger charge is -2.23. The fraction of sp³-hybridized carbons (Fsp3) is 0.727. The van der Waals surface area contributed by atoms with Gasteiger partial charge < -0.3 is 15.0 Å². The van der Waals surface area contributed by atoms with Crippen LogP contribution in [0.4, 0.5) is 0 Å². The minimum Gasteiger partial charge on any atom is -0.381 e. The van der Waals surface area contributed by atoms with E-state index in [1.54, 1.807) is 0 Å². The van der Waals surface area contributed by atoms with Crippen molar-refractivity contribution in [1.29, 1.82) is 0 Å². The van der Waals surface area contributed by atoms with Crippen molar-refractivity contribution >= 4 is 0 Å². The first kappa shape index (κ1) is 10.6. The van der Waals surface area contributed by atoms with Gasteiger partial charge in [-0.25, -0.2) is 4.98 Å². The second-order valence-electron chi connectivity index (χ2n) is 4.15. The van der Waals surface area contributed by atoms with Gasteiger partial charge in [-0.15, -0.1) is 0 Å². The first-order valence-electron chi connectivity index (χ1n) is 5.54. The molecule has 1 fully saturated rings. The third kappa shape index (κ3) is 1.92. The van der Waals surface area contributed by atoms with Crippen LogP contribution in [0.3, 0.4) is 0 Å². The van der Waals surface area contributed by atoms with E-state index < -0.39 is 0 Å². The third-order valence-corrected chi connectivity index (χ3v) is 3.21. The van der Waals surface area contributed by atoms with Crippen LogP contribution in [-0.2, 0) is 18.3 Å². The summed E-state index contributed by atoms with van der Waals surface area (Å²) in [6, 6.07) is 0. The molecule has 4 heteroatoms. The van der Waals surface area contributed by atoms with Gasteiger partial charge in [-0.2, -0.15) is 0 Å². The summed E-state index contributed by atoms with van der Waals surface area (Å²) in [6.45, 7) is 4.32. The first-order chi connectivity index (χ1) is 7.24. The lowest BCUT2D eigenvalue weighted by Crippen LogP contribution is -2.18. The molecule has 2 rings (SSSR count). The van der Waals surface area contributed by atoms with E-state index in [0.717, 1.165) is 37.6 Å². The zero-order chi connectivity index (χ0) is 10.8. The smallest absolute Gasteiger partial charge is 0.122 e. The highest BCUT2D eigenvalue weighted by atomic mass is 16.5. The van der Waals surface area contributed by atoms with Crippen molar-refractivity contribution in [2.75, 3.05) is 13.2 Å². The topological polar surface area (TPSA) is 53.1 Å². The van der Waals surface area contributed by atoms with Crippen molar-refractivity contribution in [3.8, 4) is 0 Å². The van der Waals surface area contributed by atoms with Crippen molar-refractivity contribution in [2.45, 2.75) is 32.2 Å².